The average molecular weight is 304 g/mol. The molecule has 116 valence electrons. The number of aliphatic hydroxyl groups excluding tert-OH is 1. The number of ether oxygens (including phenoxy) is 1. The Morgan fingerprint density at radius 3 is 2.65 bits per heavy atom. The average Bonchev–Trinajstić information content (AvgIpc) is 2.76. The van der Waals surface area contributed by atoms with Crippen LogP contribution < -0.4 is 0 Å². The van der Waals surface area contributed by atoms with Crippen molar-refractivity contribution in [2.24, 2.45) is 0 Å². The van der Waals surface area contributed by atoms with Crippen LogP contribution >= 0.6 is 11.6 Å². The predicted octanol–water partition coefficient (Wildman–Crippen LogP) is 2.34. The van der Waals surface area contributed by atoms with Gasteiger partial charge >= 0.3 is 0 Å². The molecule has 20 heavy (non-hydrogen) atoms. The summed E-state index contributed by atoms with van der Waals surface area (Å²) < 4.78 is 7.50. The number of aromatic nitrogens is 2. The molecule has 0 saturated carbocycles. The van der Waals surface area contributed by atoms with Crippen LogP contribution in [0, 0.1) is 0 Å². The molecular formula is C14H26ClN3O2. The SMILES string of the molecule is CCOC(C)(CC)C(O)c1c(Cl)cnn1CCN(C)C. The zero-order valence-corrected chi connectivity index (χ0v) is 13.8. The van der Waals surface area contributed by atoms with Gasteiger partial charge in [-0.15, -0.1) is 0 Å². The minimum Gasteiger partial charge on any atom is -0.384 e. The fourth-order valence-electron chi connectivity index (χ4n) is 2.11. The molecule has 1 aromatic rings. The van der Waals surface area contributed by atoms with Gasteiger partial charge in [-0.1, -0.05) is 18.5 Å². The maximum atomic E-state index is 10.7. The van der Waals surface area contributed by atoms with Gasteiger partial charge in [0, 0.05) is 13.2 Å². The van der Waals surface area contributed by atoms with Crippen LogP contribution in [0.15, 0.2) is 6.20 Å². The number of rotatable bonds is 8. The largest absolute Gasteiger partial charge is 0.384 e. The zero-order chi connectivity index (χ0) is 15.3. The molecule has 1 heterocycles. The summed E-state index contributed by atoms with van der Waals surface area (Å²) in [6.07, 6.45) is 1.47. The molecule has 1 rings (SSSR count). The summed E-state index contributed by atoms with van der Waals surface area (Å²) in [5.74, 6) is 0. The first-order chi connectivity index (χ1) is 9.35. The molecule has 2 atom stereocenters. The Kier molecular flexibility index (Phi) is 6.45. The molecule has 0 aliphatic carbocycles. The summed E-state index contributed by atoms with van der Waals surface area (Å²) in [5, 5.41) is 15.4. The third-order valence-corrected chi connectivity index (χ3v) is 3.90. The van der Waals surface area contributed by atoms with Gasteiger partial charge in [0.15, 0.2) is 0 Å². The van der Waals surface area contributed by atoms with Crippen molar-refractivity contribution in [3.05, 3.63) is 16.9 Å². The van der Waals surface area contributed by atoms with E-state index in [2.05, 4.69) is 10.00 Å². The third kappa shape index (κ3) is 3.95. The number of hydrogen-bond donors (Lipinski definition) is 1. The lowest BCUT2D eigenvalue weighted by molar-refractivity contribution is -0.115. The molecule has 0 fully saturated rings. The maximum Gasteiger partial charge on any atom is 0.126 e. The number of nitrogens with zero attached hydrogens (tertiary/aromatic N) is 3. The van der Waals surface area contributed by atoms with E-state index in [9.17, 15) is 5.11 Å². The van der Waals surface area contributed by atoms with Crippen molar-refractivity contribution < 1.29 is 9.84 Å². The molecule has 5 nitrogen and oxygen atoms in total. The monoisotopic (exact) mass is 303 g/mol. The smallest absolute Gasteiger partial charge is 0.126 e. The first-order valence-electron chi connectivity index (χ1n) is 7.03. The van der Waals surface area contributed by atoms with Crippen molar-refractivity contribution in [3.8, 4) is 0 Å². The third-order valence-electron chi connectivity index (χ3n) is 3.61. The molecule has 1 N–H and O–H groups in total. The minimum absolute atomic E-state index is 0.482. The molecule has 6 heteroatoms. The topological polar surface area (TPSA) is 50.5 Å². The molecule has 0 aliphatic rings. The number of likely N-dealkylation sites (N-methyl/N-ethyl adjacent to an activating group) is 1. The Morgan fingerprint density at radius 2 is 2.15 bits per heavy atom. The van der Waals surface area contributed by atoms with E-state index in [1.54, 1.807) is 10.9 Å². The fraction of sp³-hybridized carbons (Fsp3) is 0.786. The second-order valence-corrected chi connectivity index (χ2v) is 5.81. The fourth-order valence-corrected chi connectivity index (χ4v) is 2.35. The highest BCUT2D eigenvalue weighted by Gasteiger charge is 2.36. The molecule has 0 saturated heterocycles. The Labute approximate surface area is 126 Å². The first kappa shape index (κ1) is 17.4. The lowest BCUT2D eigenvalue weighted by Gasteiger charge is -2.34. The lowest BCUT2D eigenvalue weighted by Crippen LogP contribution is -2.37. The van der Waals surface area contributed by atoms with Crippen molar-refractivity contribution in [1.82, 2.24) is 14.7 Å². The Hall–Kier alpha value is -0.620. The highest BCUT2D eigenvalue weighted by molar-refractivity contribution is 6.31. The van der Waals surface area contributed by atoms with Gasteiger partial charge in [0.25, 0.3) is 0 Å². The Bertz CT molecular complexity index is 423. The summed E-state index contributed by atoms with van der Waals surface area (Å²) in [6.45, 7) is 7.87. The quantitative estimate of drug-likeness (QED) is 0.801. The van der Waals surface area contributed by atoms with Crippen molar-refractivity contribution >= 4 is 11.6 Å². The lowest BCUT2D eigenvalue weighted by atomic mass is 9.93. The van der Waals surface area contributed by atoms with Crippen LogP contribution in [0.4, 0.5) is 0 Å². The molecular weight excluding hydrogens is 278 g/mol. The molecule has 0 aliphatic heterocycles. The second kappa shape index (κ2) is 7.41. The summed E-state index contributed by atoms with van der Waals surface area (Å²) in [5.41, 5.74) is -0.0276. The van der Waals surface area contributed by atoms with Crippen LogP contribution in [0.5, 0.6) is 0 Å². The van der Waals surface area contributed by atoms with Gasteiger partial charge in [-0.3, -0.25) is 4.68 Å². The highest BCUT2D eigenvalue weighted by Crippen LogP contribution is 2.35. The van der Waals surface area contributed by atoms with Gasteiger partial charge in [0.05, 0.1) is 29.1 Å². The standard InChI is InChI=1S/C14H26ClN3O2/c1-6-14(3,20-7-2)13(19)12-11(15)10-16-18(12)9-8-17(4)5/h10,13,19H,6-9H2,1-5H3. The van der Waals surface area contributed by atoms with Crippen LogP contribution in [0.25, 0.3) is 0 Å². The van der Waals surface area contributed by atoms with Crippen molar-refractivity contribution in [3.63, 3.8) is 0 Å². The minimum atomic E-state index is -0.801. The number of hydrogen-bond acceptors (Lipinski definition) is 4. The van der Waals surface area contributed by atoms with Crippen molar-refractivity contribution in [1.29, 1.82) is 0 Å². The van der Waals surface area contributed by atoms with Gasteiger partial charge in [-0.05, 0) is 34.4 Å². The van der Waals surface area contributed by atoms with E-state index in [0.717, 1.165) is 6.54 Å². The molecule has 1 aromatic heterocycles. The molecule has 0 amide bonds. The van der Waals surface area contributed by atoms with E-state index in [0.29, 0.717) is 30.3 Å². The summed E-state index contributed by atoms with van der Waals surface area (Å²) in [4.78, 5) is 2.06. The summed E-state index contributed by atoms with van der Waals surface area (Å²) in [6, 6.07) is 0. The van der Waals surface area contributed by atoms with E-state index < -0.39 is 11.7 Å². The Balaban J connectivity index is 3.01. The second-order valence-electron chi connectivity index (χ2n) is 5.41. The first-order valence-corrected chi connectivity index (χ1v) is 7.41. The number of halogens is 1. The molecule has 2 unspecified atom stereocenters. The zero-order valence-electron chi connectivity index (χ0n) is 13.1. The summed E-state index contributed by atoms with van der Waals surface area (Å²) >= 11 is 6.21. The predicted molar refractivity (Wildman–Crippen MR) is 81.1 cm³/mol. The van der Waals surface area contributed by atoms with Gasteiger partial charge in [0.1, 0.15) is 6.10 Å². The molecule has 0 spiro atoms. The highest BCUT2D eigenvalue weighted by atomic mass is 35.5. The van der Waals surface area contributed by atoms with E-state index >= 15 is 0 Å². The van der Waals surface area contributed by atoms with Gasteiger partial charge < -0.3 is 14.7 Å². The molecule has 0 bridgehead atoms. The van der Waals surface area contributed by atoms with E-state index in [1.807, 2.05) is 34.9 Å². The van der Waals surface area contributed by atoms with Crippen LogP contribution in [-0.4, -0.2) is 52.6 Å². The van der Waals surface area contributed by atoms with Gasteiger partial charge in [-0.25, -0.2) is 0 Å². The van der Waals surface area contributed by atoms with Crippen LogP contribution in [0.1, 0.15) is 39.0 Å². The van der Waals surface area contributed by atoms with Crippen LogP contribution in [0.2, 0.25) is 5.02 Å². The van der Waals surface area contributed by atoms with E-state index in [-0.39, 0.29) is 0 Å². The Morgan fingerprint density at radius 1 is 1.50 bits per heavy atom. The van der Waals surface area contributed by atoms with Gasteiger partial charge in [0.2, 0.25) is 0 Å². The molecule has 0 radical (unpaired) electrons. The maximum absolute atomic E-state index is 10.7. The molecule has 0 aromatic carbocycles. The normalized spacial score (nSPS) is 16.4. The van der Waals surface area contributed by atoms with Crippen LogP contribution in [0.3, 0.4) is 0 Å². The van der Waals surface area contributed by atoms with E-state index in [4.69, 9.17) is 16.3 Å². The number of aliphatic hydroxyl groups is 1. The van der Waals surface area contributed by atoms with Gasteiger partial charge in [-0.2, -0.15) is 5.10 Å². The summed E-state index contributed by atoms with van der Waals surface area (Å²) in [7, 11) is 4.00. The van der Waals surface area contributed by atoms with Crippen molar-refractivity contribution in [2.75, 3.05) is 27.2 Å². The van der Waals surface area contributed by atoms with Crippen molar-refractivity contribution in [2.45, 2.75) is 45.4 Å². The van der Waals surface area contributed by atoms with E-state index in [1.165, 1.54) is 0 Å². The van der Waals surface area contributed by atoms with Crippen LogP contribution in [-0.2, 0) is 11.3 Å².